The molecule has 1 aliphatic heterocycles. The fourth-order valence-electron chi connectivity index (χ4n) is 5.58. The molecule has 0 amide bonds. The second-order valence-corrected chi connectivity index (χ2v) is 10.2. The maximum absolute atomic E-state index is 13.6. The fraction of sp³-hybridized carbons (Fsp3) is 0.290. The highest BCUT2D eigenvalue weighted by atomic mass is 16.5. The lowest BCUT2D eigenvalue weighted by Crippen LogP contribution is -2.49. The average Bonchev–Trinajstić information content (AvgIpc) is 3.46. The van der Waals surface area contributed by atoms with E-state index in [1.54, 1.807) is 7.11 Å². The Bertz CT molecular complexity index is 1640. The molecule has 3 heterocycles. The van der Waals surface area contributed by atoms with Crippen LogP contribution in [-0.2, 0) is 13.0 Å². The van der Waals surface area contributed by atoms with Crippen LogP contribution in [0.25, 0.3) is 10.9 Å². The van der Waals surface area contributed by atoms with E-state index in [2.05, 4.69) is 54.6 Å². The molecule has 40 heavy (non-hydrogen) atoms. The summed E-state index contributed by atoms with van der Waals surface area (Å²) in [6.45, 7) is 5.79. The Balaban J connectivity index is 1.33. The molecule has 1 saturated heterocycles. The number of nitrogens with one attached hydrogen (secondary N) is 1. The Morgan fingerprint density at radius 2 is 1.73 bits per heavy atom. The molecule has 1 atom stereocenters. The van der Waals surface area contributed by atoms with Crippen molar-refractivity contribution in [2.24, 2.45) is 0 Å². The molecule has 0 saturated carbocycles. The Kier molecular flexibility index (Phi) is 7.29. The smallest absolute Gasteiger partial charge is 0.253 e. The number of aryl methyl sites for hydroxylation is 3. The van der Waals surface area contributed by atoms with E-state index in [4.69, 9.17) is 4.74 Å². The summed E-state index contributed by atoms with van der Waals surface area (Å²) in [6, 6.07) is 26.2. The summed E-state index contributed by atoms with van der Waals surface area (Å²) in [6.07, 6.45) is 0.796. The predicted octanol–water partition coefficient (Wildman–Crippen LogP) is 3.99. The van der Waals surface area contributed by atoms with Crippen molar-refractivity contribution in [2.75, 3.05) is 38.2 Å². The van der Waals surface area contributed by atoms with Crippen molar-refractivity contribution in [1.29, 1.82) is 0 Å². The molecule has 9 nitrogen and oxygen atoms in total. The van der Waals surface area contributed by atoms with Gasteiger partial charge >= 0.3 is 0 Å². The molecule has 0 radical (unpaired) electrons. The van der Waals surface area contributed by atoms with Crippen molar-refractivity contribution in [3.8, 4) is 5.75 Å². The standard InChI is InChI=1S/C31H33N7O2/c1-22-7-6-10-24-21-27(31(39)32-28(22)24)29(30-33-34-35-38(30)16-15-23-8-4-3-5-9-23)37-19-17-36(18-20-37)25-11-13-26(40-2)14-12-25/h3-14,21,29H,15-20H2,1-2H3,(H,32,39)/t29-/m0/s1. The molecule has 0 aliphatic carbocycles. The zero-order valence-electron chi connectivity index (χ0n) is 22.8. The minimum Gasteiger partial charge on any atom is -0.497 e. The number of aromatic nitrogens is 5. The Hall–Kier alpha value is -4.50. The van der Waals surface area contributed by atoms with Gasteiger partial charge in [0.2, 0.25) is 0 Å². The van der Waals surface area contributed by atoms with E-state index in [1.165, 1.54) is 5.56 Å². The predicted molar refractivity (Wildman–Crippen MR) is 156 cm³/mol. The van der Waals surface area contributed by atoms with Gasteiger partial charge in [-0.15, -0.1) is 5.10 Å². The van der Waals surface area contributed by atoms with Gasteiger partial charge in [-0.05, 0) is 70.6 Å². The van der Waals surface area contributed by atoms with Crippen LogP contribution in [0.5, 0.6) is 5.75 Å². The SMILES string of the molecule is COc1ccc(N2CCN([C@@H](c3cc4cccc(C)c4[nH]c3=O)c3nnnn3CCc3ccccc3)CC2)cc1. The number of fused-ring (bicyclic) bond motifs is 1. The van der Waals surface area contributed by atoms with Gasteiger partial charge in [-0.1, -0.05) is 48.5 Å². The van der Waals surface area contributed by atoms with Gasteiger partial charge in [0.15, 0.2) is 5.82 Å². The molecule has 3 aromatic carbocycles. The molecule has 1 N–H and O–H groups in total. The van der Waals surface area contributed by atoms with Crippen molar-refractivity contribution in [3.63, 3.8) is 0 Å². The van der Waals surface area contributed by atoms with Crippen LogP contribution in [0.1, 0.15) is 28.6 Å². The van der Waals surface area contributed by atoms with Crippen molar-refractivity contribution < 1.29 is 4.74 Å². The van der Waals surface area contributed by atoms with Crippen molar-refractivity contribution in [1.82, 2.24) is 30.1 Å². The van der Waals surface area contributed by atoms with Crippen LogP contribution in [0, 0.1) is 6.92 Å². The van der Waals surface area contributed by atoms with Crippen molar-refractivity contribution in [3.05, 3.63) is 112 Å². The number of tetrazole rings is 1. The first kappa shape index (κ1) is 25.8. The highest BCUT2D eigenvalue weighted by Gasteiger charge is 2.32. The lowest BCUT2D eigenvalue weighted by atomic mass is 10.0. The minimum absolute atomic E-state index is 0.109. The number of para-hydroxylation sites is 1. The third kappa shape index (κ3) is 5.20. The molecule has 5 aromatic rings. The third-order valence-corrected chi connectivity index (χ3v) is 7.79. The Morgan fingerprint density at radius 1 is 0.950 bits per heavy atom. The summed E-state index contributed by atoms with van der Waals surface area (Å²) in [4.78, 5) is 21.5. The third-order valence-electron chi connectivity index (χ3n) is 7.79. The number of hydrogen-bond acceptors (Lipinski definition) is 7. The minimum atomic E-state index is -0.377. The molecule has 1 fully saturated rings. The van der Waals surface area contributed by atoms with Gasteiger partial charge in [0.05, 0.1) is 12.6 Å². The Labute approximate surface area is 233 Å². The number of rotatable bonds is 8. The van der Waals surface area contributed by atoms with E-state index in [-0.39, 0.29) is 11.6 Å². The van der Waals surface area contributed by atoms with E-state index in [1.807, 2.05) is 66.2 Å². The molecule has 0 bridgehead atoms. The van der Waals surface area contributed by atoms with Gasteiger partial charge < -0.3 is 14.6 Å². The second kappa shape index (κ2) is 11.3. The summed E-state index contributed by atoms with van der Waals surface area (Å²) in [5, 5.41) is 13.9. The first-order chi connectivity index (χ1) is 19.6. The molecule has 2 aromatic heterocycles. The van der Waals surface area contributed by atoms with Gasteiger partial charge in [-0.25, -0.2) is 4.68 Å². The first-order valence-electron chi connectivity index (χ1n) is 13.7. The lowest BCUT2D eigenvalue weighted by Gasteiger charge is -2.39. The molecule has 0 spiro atoms. The van der Waals surface area contributed by atoms with Crippen LogP contribution in [-0.4, -0.2) is 63.4 Å². The average molecular weight is 536 g/mol. The van der Waals surface area contributed by atoms with Crippen LogP contribution < -0.4 is 15.2 Å². The number of anilines is 1. The number of piperazine rings is 1. The molecule has 6 rings (SSSR count). The monoisotopic (exact) mass is 535 g/mol. The maximum atomic E-state index is 13.6. The molecular formula is C31H33N7O2. The van der Waals surface area contributed by atoms with E-state index >= 15 is 0 Å². The Morgan fingerprint density at radius 3 is 2.48 bits per heavy atom. The topological polar surface area (TPSA) is 92.2 Å². The van der Waals surface area contributed by atoms with Crippen LogP contribution in [0.4, 0.5) is 5.69 Å². The number of pyridine rings is 1. The van der Waals surface area contributed by atoms with E-state index in [9.17, 15) is 4.79 Å². The second-order valence-electron chi connectivity index (χ2n) is 10.2. The number of ether oxygens (including phenoxy) is 1. The highest BCUT2D eigenvalue weighted by Crippen LogP contribution is 2.30. The zero-order valence-corrected chi connectivity index (χ0v) is 22.8. The van der Waals surface area contributed by atoms with Crippen LogP contribution in [0.15, 0.2) is 83.7 Å². The zero-order chi connectivity index (χ0) is 27.5. The number of nitrogens with zero attached hydrogens (tertiary/aromatic N) is 6. The van der Waals surface area contributed by atoms with Crippen molar-refractivity contribution >= 4 is 16.6 Å². The quantitative estimate of drug-likeness (QED) is 0.321. The van der Waals surface area contributed by atoms with Gasteiger partial charge in [-0.3, -0.25) is 9.69 Å². The maximum Gasteiger partial charge on any atom is 0.253 e. The van der Waals surface area contributed by atoms with Crippen LogP contribution >= 0.6 is 0 Å². The largest absolute Gasteiger partial charge is 0.497 e. The lowest BCUT2D eigenvalue weighted by molar-refractivity contribution is 0.199. The van der Waals surface area contributed by atoms with E-state index in [0.717, 1.165) is 60.5 Å². The summed E-state index contributed by atoms with van der Waals surface area (Å²) >= 11 is 0. The van der Waals surface area contributed by atoms with Gasteiger partial charge in [0, 0.05) is 44.0 Å². The van der Waals surface area contributed by atoms with Crippen molar-refractivity contribution in [2.45, 2.75) is 25.9 Å². The molecule has 9 heteroatoms. The summed E-state index contributed by atoms with van der Waals surface area (Å²) in [5.74, 6) is 1.53. The van der Waals surface area contributed by atoms with E-state index < -0.39 is 0 Å². The number of aromatic amines is 1. The van der Waals surface area contributed by atoms with Gasteiger partial charge in [0.25, 0.3) is 5.56 Å². The normalized spacial score (nSPS) is 14.9. The summed E-state index contributed by atoms with van der Waals surface area (Å²) < 4.78 is 7.18. The number of benzene rings is 3. The first-order valence-corrected chi connectivity index (χ1v) is 13.7. The van der Waals surface area contributed by atoms with Gasteiger partial charge in [-0.2, -0.15) is 0 Å². The van der Waals surface area contributed by atoms with Crippen LogP contribution in [0.2, 0.25) is 0 Å². The number of H-pyrrole nitrogens is 1. The molecule has 1 aliphatic rings. The molecular weight excluding hydrogens is 502 g/mol. The molecule has 0 unspecified atom stereocenters. The number of methoxy groups -OCH3 is 1. The molecule has 204 valence electrons. The van der Waals surface area contributed by atoms with E-state index in [0.29, 0.717) is 17.9 Å². The van der Waals surface area contributed by atoms with Gasteiger partial charge in [0.1, 0.15) is 11.8 Å². The number of hydrogen-bond donors (Lipinski definition) is 1. The van der Waals surface area contributed by atoms with Crippen LogP contribution in [0.3, 0.4) is 0 Å². The highest BCUT2D eigenvalue weighted by molar-refractivity contribution is 5.82. The summed E-state index contributed by atoms with van der Waals surface area (Å²) in [7, 11) is 1.68. The fourth-order valence-corrected chi connectivity index (χ4v) is 5.58. The summed E-state index contributed by atoms with van der Waals surface area (Å²) in [5.41, 5.74) is 4.83.